The number of hydrogen-bond donors (Lipinski definition) is 1. The van der Waals surface area contributed by atoms with E-state index in [0.29, 0.717) is 5.92 Å². The van der Waals surface area contributed by atoms with Crippen LogP contribution in [-0.2, 0) is 0 Å². The van der Waals surface area contributed by atoms with E-state index in [1.807, 2.05) is 29.2 Å². The lowest BCUT2D eigenvalue weighted by atomic mass is 9.97. The fourth-order valence-corrected chi connectivity index (χ4v) is 3.65. The maximum absolute atomic E-state index is 13.0. The number of aromatic amines is 1. The average molecular weight is 318 g/mol. The van der Waals surface area contributed by atoms with Crippen LogP contribution in [-0.4, -0.2) is 22.3 Å². The first-order valence-corrected chi connectivity index (χ1v) is 8.62. The van der Waals surface area contributed by atoms with Gasteiger partial charge in [0, 0.05) is 34.8 Å². The summed E-state index contributed by atoms with van der Waals surface area (Å²) in [5.41, 5.74) is 4.27. The van der Waals surface area contributed by atoms with Crippen LogP contribution >= 0.6 is 0 Å². The fourth-order valence-electron chi connectivity index (χ4n) is 3.65. The molecule has 0 aliphatic carbocycles. The van der Waals surface area contributed by atoms with E-state index in [1.54, 1.807) is 0 Å². The Balaban J connectivity index is 1.84. The quantitative estimate of drug-likeness (QED) is 0.740. The number of para-hydroxylation sites is 1. The molecule has 1 aliphatic heterocycles. The van der Waals surface area contributed by atoms with E-state index in [2.05, 4.69) is 49.3 Å². The Morgan fingerprint density at radius 2 is 1.79 bits per heavy atom. The Hall–Kier alpha value is -2.55. The molecule has 0 fully saturated rings. The zero-order valence-corrected chi connectivity index (χ0v) is 14.1. The van der Waals surface area contributed by atoms with Gasteiger partial charge in [0.25, 0.3) is 5.91 Å². The van der Waals surface area contributed by atoms with Gasteiger partial charge in [0.15, 0.2) is 0 Å². The highest BCUT2D eigenvalue weighted by atomic mass is 16.2. The van der Waals surface area contributed by atoms with Crippen LogP contribution in [0.25, 0.3) is 10.9 Å². The van der Waals surface area contributed by atoms with E-state index >= 15 is 0 Å². The molecule has 0 bridgehead atoms. The molecule has 3 heteroatoms. The molecule has 0 unspecified atom stereocenters. The molecule has 1 amide bonds. The largest absolute Gasteiger partial charge is 0.361 e. The van der Waals surface area contributed by atoms with Gasteiger partial charge in [0.1, 0.15) is 0 Å². The summed E-state index contributed by atoms with van der Waals surface area (Å²) in [5, 5.41) is 1.20. The Labute approximate surface area is 142 Å². The van der Waals surface area contributed by atoms with Crippen molar-refractivity contribution in [2.24, 2.45) is 5.92 Å². The van der Waals surface area contributed by atoms with Gasteiger partial charge in [-0.15, -0.1) is 0 Å². The second-order valence-corrected chi connectivity index (χ2v) is 6.96. The van der Waals surface area contributed by atoms with Crippen molar-refractivity contribution in [1.82, 2.24) is 9.88 Å². The SMILES string of the molecule is CC(C)CCN1C(=O)c2ccccc2[C@H]1c1c[nH]c2ccccc12. The summed E-state index contributed by atoms with van der Waals surface area (Å²) in [7, 11) is 0. The molecule has 24 heavy (non-hydrogen) atoms. The molecule has 4 rings (SSSR count). The number of nitrogens with zero attached hydrogens (tertiary/aromatic N) is 1. The van der Waals surface area contributed by atoms with Crippen LogP contribution in [0.5, 0.6) is 0 Å². The monoisotopic (exact) mass is 318 g/mol. The predicted octanol–water partition coefficient (Wildman–Crippen LogP) is 4.76. The standard InChI is InChI=1S/C21H22N2O/c1-14(2)11-12-23-20(16-8-3-4-9-17(16)21(23)24)18-13-22-19-10-6-5-7-15(18)19/h3-10,13-14,20,22H,11-12H2,1-2H3/t20-/m0/s1. The van der Waals surface area contributed by atoms with Crippen LogP contribution in [0.2, 0.25) is 0 Å². The van der Waals surface area contributed by atoms with E-state index in [0.717, 1.165) is 29.6 Å². The van der Waals surface area contributed by atoms with Gasteiger partial charge < -0.3 is 9.88 Å². The Morgan fingerprint density at radius 3 is 2.62 bits per heavy atom. The molecule has 1 aliphatic rings. The highest BCUT2D eigenvalue weighted by Crippen LogP contribution is 2.41. The summed E-state index contributed by atoms with van der Waals surface area (Å²) < 4.78 is 0. The van der Waals surface area contributed by atoms with Crippen molar-refractivity contribution in [3.63, 3.8) is 0 Å². The first-order chi connectivity index (χ1) is 11.7. The minimum absolute atomic E-state index is 0.00333. The number of amides is 1. The normalized spacial score (nSPS) is 17.0. The maximum Gasteiger partial charge on any atom is 0.255 e. The van der Waals surface area contributed by atoms with Gasteiger partial charge in [-0.3, -0.25) is 4.79 Å². The number of fused-ring (bicyclic) bond motifs is 2. The van der Waals surface area contributed by atoms with E-state index in [9.17, 15) is 4.79 Å². The summed E-state index contributed by atoms with van der Waals surface area (Å²) in [5.74, 6) is 0.728. The molecule has 0 spiro atoms. The second kappa shape index (κ2) is 5.82. The zero-order valence-electron chi connectivity index (χ0n) is 14.1. The van der Waals surface area contributed by atoms with E-state index in [-0.39, 0.29) is 11.9 Å². The van der Waals surface area contributed by atoms with Crippen LogP contribution in [0.3, 0.4) is 0 Å². The Morgan fingerprint density at radius 1 is 1.04 bits per heavy atom. The molecule has 3 nitrogen and oxygen atoms in total. The van der Waals surface area contributed by atoms with Gasteiger partial charge in [0.2, 0.25) is 0 Å². The van der Waals surface area contributed by atoms with Gasteiger partial charge in [-0.2, -0.15) is 0 Å². The number of benzene rings is 2. The molecule has 0 radical (unpaired) electrons. The van der Waals surface area contributed by atoms with Crippen molar-refractivity contribution < 1.29 is 4.79 Å². The fraction of sp³-hybridized carbons (Fsp3) is 0.286. The average Bonchev–Trinajstić information content (AvgIpc) is 3.12. The second-order valence-electron chi connectivity index (χ2n) is 6.96. The van der Waals surface area contributed by atoms with Crippen molar-refractivity contribution in [2.75, 3.05) is 6.54 Å². The molecule has 0 saturated carbocycles. The number of H-pyrrole nitrogens is 1. The Bertz CT molecular complexity index is 893. The summed E-state index contributed by atoms with van der Waals surface area (Å²) in [4.78, 5) is 18.4. The summed E-state index contributed by atoms with van der Waals surface area (Å²) >= 11 is 0. The number of hydrogen-bond acceptors (Lipinski definition) is 1. The van der Waals surface area contributed by atoms with Crippen LogP contribution in [0, 0.1) is 5.92 Å². The lowest BCUT2D eigenvalue weighted by Crippen LogP contribution is -2.30. The van der Waals surface area contributed by atoms with Gasteiger partial charge in [0.05, 0.1) is 6.04 Å². The third kappa shape index (κ3) is 2.32. The lowest BCUT2D eigenvalue weighted by molar-refractivity contribution is 0.0742. The molecule has 2 heterocycles. The van der Waals surface area contributed by atoms with Crippen molar-refractivity contribution in [2.45, 2.75) is 26.3 Å². The number of nitrogens with one attached hydrogen (secondary N) is 1. The first-order valence-electron chi connectivity index (χ1n) is 8.62. The highest BCUT2D eigenvalue weighted by molar-refractivity contribution is 6.00. The zero-order chi connectivity index (χ0) is 16.7. The summed E-state index contributed by atoms with van der Waals surface area (Å²) in [6, 6.07) is 16.3. The van der Waals surface area contributed by atoms with Crippen LogP contribution in [0.15, 0.2) is 54.7 Å². The minimum Gasteiger partial charge on any atom is -0.361 e. The summed E-state index contributed by atoms with van der Waals surface area (Å²) in [6.07, 6.45) is 3.08. The number of rotatable bonds is 4. The van der Waals surface area contributed by atoms with E-state index < -0.39 is 0 Å². The van der Waals surface area contributed by atoms with E-state index in [4.69, 9.17) is 0 Å². The molecule has 1 aromatic heterocycles. The molecule has 1 N–H and O–H groups in total. The molecule has 2 aromatic carbocycles. The van der Waals surface area contributed by atoms with Crippen molar-refractivity contribution in [3.05, 3.63) is 71.4 Å². The molecule has 0 saturated heterocycles. The Kier molecular flexibility index (Phi) is 3.64. The number of carbonyl (C=O) groups excluding carboxylic acids is 1. The maximum atomic E-state index is 13.0. The molecule has 1 atom stereocenters. The van der Waals surface area contributed by atoms with Crippen LogP contribution in [0.1, 0.15) is 47.8 Å². The van der Waals surface area contributed by atoms with Gasteiger partial charge in [-0.05, 0) is 30.0 Å². The highest BCUT2D eigenvalue weighted by Gasteiger charge is 2.38. The molecule has 3 aromatic rings. The third-order valence-corrected chi connectivity index (χ3v) is 4.92. The van der Waals surface area contributed by atoms with E-state index in [1.165, 1.54) is 10.9 Å². The van der Waals surface area contributed by atoms with Gasteiger partial charge in [-0.1, -0.05) is 50.2 Å². The smallest absolute Gasteiger partial charge is 0.255 e. The topological polar surface area (TPSA) is 36.1 Å². The number of aromatic nitrogens is 1. The predicted molar refractivity (Wildman–Crippen MR) is 97.1 cm³/mol. The minimum atomic E-state index is 0.00333. The summed E-state index contributed by atoms with van der Waals surface area (Å²) in [6.45, 7) is 5.19. The van der Waals surface area contributed by atoms with Gasteiger partial charge >= 0.3 is 0 Å². The van der Waals surface area contributed by atoms with Crippen molar-refractivity contribution in [3.8, 4) is 0 Å². The van der Waals surface area contributed by atoms with Crippen molar-refractivity contribution >= 4 is 16.8 Å². The van der Waals surface area contributed by atoms with Crippen LogP contribution < -0.4 is 0 Å². The molecular weight excluding hydrogens is 296 g/mol. The molecule has 122 valence electrons. The van der Waals surface area contributed by atoms with Crippen molar-refractivity contribution in [1.29, 1.82) is 0 Å². The lowest BCUT2D eigenvalue weighted by Gasteiger charge is -2.26. The molecular formula is C21H22N2O. The van der Waals surface area contributed by atoms with Gasteiger partial charge in [-0.25, -0.2) is 0 Å². The number of carbonyl (C=O) groups is 1. The third-order valence-electron chi connectivity index (χ3n) is 4.92. The van der Waals surface area contributed by atoms with Crippen LogP contribution in [0.4, 0.5) is 0 Å². The first kappa shape index (κ1) is 15.0.